The third kappa shape index (κ3) is 3.97. The molecule has 0 radical (unpaired) electrons. The van der Waals surface area contributed by atoms with Crippen molar-refractivity contribution in [2.75, 3.05) is 13.6 Å². The number of nitrogens with zero attached hydrogens (tertiary/aromatic N) is 1. The lowest BCUT2D eigenvalue weighted by atomic mass is 10.3. The summed E-state index contributed by atoms with van der Waals surface area (Å²) >= 11 is 3.56. The summed E-state index contributed by atoms with van der Waals surface area (Å²) in [6.45, 7) is 2.38. The normalized spacial score (nSPS) is 10.4. The molecule has 2 rings (SSSR count). The van der Waals surface area contributed by atoms with E-state index in [0.29, 0.717) is 6.54 Å². The van der Waals surface area contributed by atoms with Crippen molar-refractivity contribution in [3.8, 4) is 11.8 Å². The van der Waals surface area contributed by atoms with E-state index in [1.165, 1.54) is 9.75 Å². The molecule has 2 nitrogen and oxygen atoms in total. The van der Waals surface area contributed by atoms with Gasteiger partial charge in [0, 0.05) is 33.8 Å². The van der Waals surface area contributed by atoms with Gasteiger partial charge >= 0.3 is 0 Å². The number of thiophene rings is 2. The van der Waals surface area contributed by atoms with E-state index in [-0.39, 0.29) is 0 Å². The van der Waals surface area contributed by atoms with Crippen LogP contribution in [-0.4, -0.2) is 18.5 Å². The Bertz CT molecular complexity index is 532. The number of nitrogens with two attached hydrogens (primary N) is 1. The van der Waals surface area contributed by atoms with Crippen molar-refractivity contribution < 1.29 is 0 Å². The maximum atomic E-state index is 5.36. The SMILES string of the molecule is CN(Cc1cccs1)Cc1cc(C#CCN)cs1. The van der Waals surface area contributed by atoms with Crippen LogP contribution in [0, 0.1) is 11.8 Å². The van der Waals surface area contributed by atoms with E-state index >= 15 is 0 Å². The highest BCUT2D eigenvalue weighted by Crippen LogP contribution is 2.18. The van der Waals surface area contributed by atoms with Crippen LogP contribution in [0.5, 0.6) is 0 Å². The molecule has 0 spiro atoms. The maximum Gasteiger partial charge on any atom is 0.0555 e. The Labute approximate surface area is 116 Å². The molecule has 2 heterocycles. The first-order chi connectivity index (χ1) is 8.78. The Morgan fingerprint density at radius 3 is 2.83 bits per heavy atom. The number of hydrogen-bond acceptors (Lipinski definition) is 4. The molecule has 0 saturated carbocycles. The summed E-state index contributed by atoms with van der Waals surface area (Å²) in [6, 6.07) is 6.42. The molecule has 0 amide bonds. The van der Waals surface area contributed by atoms with Crippen LogP contribution in [0.15, 0.2) is 29.0 Å². The molecule has 2 aromatic heterocycles. The van der Waals surface area contributed by atoms with E-state index in [2.05, 4.69) is 52.7 Å². The average molecular weight is 276 g/mol. The number of rotatable bonds is 4. The first kappa shape index (κ1) is 13.3. The smallest absolute Gasteiger partial charge is 0.0555 e. The average Bonchev–Trinajstić information content (AvgIpc) is 2.98. The van der Waals surface area contributed by atoms with E-state index < -0.39 is 0 Å². The van der Waals surface area contributed by atoms with E-state index in [0.717, 1.165) is 18.7 Å². The van der Waals surface area contributed by atoms with Gasteiger partial charge in [-0.2, -0.15) is 0 Å². The van der Waals surface area contributed by atoms with Crippen LogP contribution < -0.4 is 5.73 Å². The fourth-order valence-corrected chi connectivity index (χ4v) is 3.35. The number of hydrogen-bond donors (Lipinski definition) is 1. The van der Waals surface area contributed by atoms with Crippen LogP contribution in [0.25, 0.3) is 0 Å². The Hall–Kier alpha value is -1.12. The van der Waals surface area contributed by atoms with Crippen LogP contribution in [0.1, 0.15) is 15.3 Å². The van der Waals surface area contributed by atoms with Gasteiger partial charge in [-0.15, -0.1) is 22.7 Å². The van der Waals surface area contributed by atoms with E-state index in [9.17, 15) is 0 Å². The minimum atomic E-state index is 0.420. The second kappa shape index (κ2) is 6.72. The van der Waals surface area contributed by atoms with Crippen LogP contribution in [0.2, 0.25) is 0 Å². The summed E-state index contributed by atoms with van der Waals surface area (Å²) in [7, 11) is 2.14. The van der Waals surface area contributed by atoms with Gasteiger partial charge in [-0.3, -0.25) is 4.90 Å². The third-order valence-corrected chi connectivity index (χ3v) is 4.20. The van der Waals surface area contributed by atoms with E-state index in [1.807, 2.05) is 0 Å². The molecule has 0 unspecified atom stereocenters. The molecule has 0 atom stereocenters. The quantitative estimate of drug-likeness (QED) is 0.870. The van der Waals surface area contributed by atoms with Gasteiger partial charge in [-0.25, -0.2) is 0 Å². The molecule has 0 aliphatic carbocycles. The third-order valence-electron chi connectivity index (χ3n) is 2.42. The molecule has 0 aliphatic rings. The van der Waals surface area contributed by atoms with Gasteiger partial charge in [0.15, 0.2) is 0 Å². The first-order valence-electron chi connectivity index (χ1n) is 5.75. The van der Waals surface area contributed by atoms with Gasteiger partial charge in [-0.05, 0) is 24.6 Å². The van der Waals surface area contributed by atoms with Gasteiger partial charge in [-0.1, -0.05) is 17.9 Å². The Balaban J connectivity index is 1.90. The highest BCUT2D eigenvalue weighted by atomic mass is 32.1. The van der Waals surface area contributed by atoms with Crippen molar-refractivity contribution in [3.05, 3.63) is 44.3 Å². The largest absolute Gasteiger partial charge is 0.320 e. The lowest BCUT2D eigenvalue weighted by molar-refractivity contribution is 0.325. The predicted octanol–water partition coefficient (Wildman–Crippen LogP) is 2.75. The Morgan fingerprint density at radius 1 is 1.28 bits per heavy atom. The first-order valence-corrected chi connectivity index (χ1v) is 7.51. The summed E-state index contributed by atoms with van der Waals surface area (Å²) in [5, 5.41) is 4.21. The fourth-order valence-electron chi connectivity index (χ4n) is 1.67. The standard InChI is InChI=1S/C14H16N2S2/c1-16(9-13-5-3-7-17-13)10-14-8-12(11-18-14)4-2-6-15/h3,5,7-8,11H,6,9-10,15H2,1H3. The van der Waals surface area contributed by atoms with E-state index in [4.69, 9.17) is 5.73 Å². The lowest BCUT2D eigenvalue weighted by Gasteiger charge is -2.13. The highest BCUT2D eigenvalue weighted by Gasteiger charge is 2.04. The summed E-state index contributed by atoms with van der Waals surface area (Å²) in [6.07, 6.45) is 0. The Morgan fingerprint density at radius 2 is 2.11 bits per heavy atom. The minimum absolute atomic E-state index is 0.420. The van der Waals surface area contributed by atoms with Gasteiger partial charge in [0.05, 0.1) is 6.54 Å². The molecule has 2 N–H and O–H groups in total. The zero-order valence-corrected chi connectivity index (χ0v) is 12.0. The second-order valence-electron chi connectivity index (χ2n) is 4.06. The molecule has 2 aromatic rings. The predicted molar refractivity (Wildman–Crippen MR) is 79.7 cm³/mol. The minimum Gasteiger partial charge on any atom is -0.320 e. The van der Waals surface area contributed by atoms with Crippen molar-refractivity contribution >= 4 is 22.7 Å². The molecule has 0 aliphatic heterocycles. The van der Waals surface area contributed by atoms with Crippen molar-refractivity contribution in [3.63, 3.8) is 0 Å². The van der Waals surface area contributed by atoms with Crippen LogP contribution in [0.3, 0.4) is 0 Å². The van der Waals surface area contributed by atoms with Gasteiger partial charge in [0.1, 0.15) is 0 Å². The molecule has 0 aromatic carbocycles. The van der Waals surface area contributed by atoms with Gasteiger partial charge in [0.25, 0.3) is 0 Å². The van der Waals surface area contributed by atoms with Crippen molar-refractivity contribution in [2.24, 2.45) is 5.73 Å². The molecule has 94 valence electrons. The van der Waals surface area contributed by atoms with E-state index in [1.54, 1.807) is 22.7 Å². The zero-order valence-electron chi connectivity index (χ0n) is 10.3. The van der Waals surface area contributed by atoms with Crippen molar-refractivity contribution in [1.82, 2.24) is 4.90 Å². The molecular formula is C14H16N2S2. The van der Waals surface area contributed by atoms with Crippen molar-refractivity contribution in [1.29, 1.82) is 0 Å². The molecule has 0 fully saturated rings. The molecular weight excluding hydrogens is 260 g/mol. The fraction of sp³-hybridized carbons (Fsp3) is 0.286. The Kier molecular flexibility index (Phi) is 4.97. The lowest BCUT2D eigenvalue weighted by Crippen LogP contribution is -2.15. The molecule has 0 saturated heterocycles. The summed E-state index contributed by atoms with van der Waals surface area (Å²) < 4.78 is 0. The monoisotopic (exact) mass is 276 g/mol. The molecule has 18 heavy (non-hydrogen) atoms. The van der Waals surface area contributed by atoms with Crippen LogP contribution in [-0.2, 0) is 13.1 Å². The van der Waals surface area contributed by atoms with Gasteiger partial charge in [0.2, 0.25) is 0 Å². The second-order valence-corrected chi connectivity index (χ2v) is 6.09. The van der Waals surface area contributed by atoms with Crippen LogP contribution >= 0.6 is 22.7 Å². The van der Waals surface area contributed by atoms with Crippen molar-refractivity contribution in [2.45, 2.75) is 13.1 Å². The highest BCUT2D eigenvalue weighted by molar-refractivity contribution is 7.10. The van der Waals surface area contributed by atoms with Gasteiger partial charge < -0.3 is 5.73 Å². The molecule has 0 bridgehead atoms. The molecule has 4 heteroatoms. The zero-order chi connectivity index (χ0) is 12.8. The topological polar surface area (TPSA) is 29.3 Å². The summed E-state index contributed by atoms with van der Waals surface area (Å²) in [5.41, 5.74) is 6.44. The maximum absolute atomic E-state index is 5.36. The van der Waals surface area contributed by atoms with Crippen LogP contribution in [0.4, 0.5) is 0 Å². The summed E-state index contributed by atoms with van der Waals surface area (Å²) in [5.74, 6) is 5.94. The summed E-state index contributed by atoms with van der Waals surface area (Å²) in [4.78, 5) is 5.06.